The summed E-state index contributed by atoms with van der Waals surface area (Å²) in [5.74, 6) is -1.09. The number of rotatable bonds is 6. The lowest BCUT2D eigenvalue weighted by atomic mass is 10.2. The van der Waals surface area contributed by atoms with E-state index >= 15 is 0 Å². The molecule has 1 saturated heterocycles. The first-order chi connectivity index (χ1) is 8.75. The van der Waals surface area contributed by atoms with Gasteiger partial charge >= 0.3 is 0 Å². The van der Waals surface area contributed by atoms with Gasteiger partial charge in [-0.3, -0.25) is 0 Å². The molecule has 2 rings (SSSR count). The predicted molar refractivity (Wildman–Crippen MR) is 63.7 cm³/mol. The van der Waals surface area contributed by atoms with Crippen molar-refractivity contribution in [2.75, 3.05) is 26.3 Å². The lowest BCUT2D eigenvalue weighted by Gasteiger charge is -2.11. The summed E-state index contributed by atoms with van der Waals surface area (Å²) in [6.45, 7) is 2.48. The molecule has 0 aliphatic carbocycles. The molecule has 0 amide bonds. The number of benzene rings is 1. The zero-order chi connectivity index (χ0) is 12.8. The van der Waals surface area contributed by atoms with Gasteiger partial charge in [0.25, 0.3) is 0 Å². The van der Waals surface area contributed by atoms with Crippen LogP contribution in [-0.4, -0.2) is 32.4 Å². The summed E-state index contributed by atoms with van der Waals surface area (Å²) < 4.78 is 36.6. The van der Waals surface area contributed by atoms with E-state index < -0.39 is 11.6 Å². The largest absolute Gasteiger partial charge is 0.489 e. The molecular formula is C13H17F2NO2. The van der Waals surface area contributed by atoms with E-state index in [-0.39, 0.29) is 11.9 Å². The Labute approximate surface area is 105 Å². The van der Waals surface area contributed by atoms with Crippen molar-refractivity contribution in [1.29, 1.82) is 0 Å². The number of hydrogen-bond donors (Lipinski definition) is 1. The van der Waals surface area contributed by atoms with E-state index in [0.29, 0.717) is 13.2 Å². The standard InChI is InChI=1S/C13H17F2NO2/c14-10-3-4-12(15)13(8-10)18-7-5-16-9-11-2-1-6-17-11/h3-4,8,11,16H,1-2,5-7,9H2. The Morgan fingerprint density at radius 2 is 2.28 bits per heavy atom. The molecule has 1 aromatic carbocycles. The van der Waals surface area contributed by atoms with Gasteiger partial charge in [0.2, 0.25) is 0 Å². The van der Waals surface area contributed by atoms with Crippen LogP contribution < -0.4 is 10.1 Å². The maximum absolute atomic E-state index is 13.2. The van der Waals surface area contributed by atoms with Gasteiger partial charge in [0, 0.05) is 25.8 Å². The molecular weight excluding hydrogens is 240 g/mol. The van der Waals surface area contributed by atoms with Crippen molar-refractivity contribution >= 4 is 0 Å². The summed E-state index contributed by atoms with van der Waals surface area (Å²) >= 11 is 0. The van der Waals surface area contributed by atoms with Crippen molar-refractivity contribution in [2.45, 2.75) is 18.9 Å². The Kier molecular flexibility index (Phi) is 4.90. The summed E-state index contributed by atoms with van der Waals surface area (Å²) in [5.41, 5.74) is 0. The molecule has 0 aromatic heterocycles. The van der Waals surface area contributed by atoms with Crippen molar-refractivity contribution in [3.8, 4) is 5.75 Å². The lowest BCUT2D eigenvalue weighted by Crippen LogP contribution is -2.29. The zero-order valence-electron chi connectivity index (χ0n) is 10.1. The molecule has 1 fully saturated rings. The van der Waals surface area contributed by atoms with Crippen molar-refractivity contribution in [2.24, 2.45) is 0 Å². The number of hydrogen-bond acceptors (Lipinski definition) is 3. The van der Waals surface area contributed by atoms with Crippen LogP contribution in [0, 0.1) is 11.6 Å². The molecule has 18 heavy (non-hydrogen) atoms. The number of nitrogens with one attached hydrogen (secondary N) is 1. The van der Waals surface area contributed by atoms with Crippen LogP contribution in [0.3, 0.4) is 0 Å². The van der Waals surface area contributed by atoms with Crippen molar-refractivity contribution in [1.82, 2.24) is 5.32 Å². The molecule has 1 N–H and O–H groups in total. The normalized spacial score (nSPS) is 19.1. The second kappa shape index (κ2) is 6.66. The van der Waals surface area contributed by atoms with Gasteiger partial charge in [-0.1, -0.05) is 0 Å². The first-order valence-corrected chi connectivity index (χ1v) is 6.16. The third-order valence-electron chi connectivity index (χ3n) is 2.83. The molecule has 1 aromatic rings. The van der Waals surface area contributed by atoms with E-state index in [1.165, 1.54) is 0 Å². The Hall–Kier alpha value is -1.20. The van der Waals surface area contributed by atoms with Crippen LogP contribution in [-0.2, 0) is 4.74 Å². The highest BCUT2D eigenvalue weighted by Crippen LogP contribution is 2.17. The Morgan fingerprint density at radius 3 is 3.06 bits per heavy atom. The highest BCUT2D eigenvalue weighted by molar-refractivity contribution is 5.24. The average Bonchev–Trinajstić information content (AvgIpc) is 2.86. The monoisotopic (exact) mass is 257 g/mol. The minimum Gasteiger partial charge on any atom is -0.489 e. The number of halogens is 2. The summed E-state index contributed by atoms with van der Waals surface area (Å²) in [6, 6.07) is 3.18. The molecule has 1 aliphatic heterocycles. The molecule has 0 saturated carbocycles. The van der Waals surface area contributed by atoms with Crippen molar-refractivity contribution in [3.05, 3.63) is 29.8 Å². The van der Waals surface area contributed by atoms with Gasteiger partial charge in [-0.2, -0.15) is 0 Å². The number of ether oxygens (including phenoxy) is 2. The van der Waals surface area contributed by atoms with E-state index in [4.69, 9.17) is 9.47 Å². The van der Waals surface area contributed by atoms with Crippen LogP contribution in [0.5, 0.6) is 5.75 Å². The van der Waals surface area contributed by atoms with Gasteiger partial charge in [0.05, 0.1) is 6.10 Å². The predicted octanol–water partition coefficient (Wildman–Crippen LogP) is 2.11. The van der Waals surface area contributed by atoms with E-state index in [0.717, 1.165) is 44.2 Å². The van der Waals surface area contributed by atoms with Crippen LogP contribution in [0.15, 0.2) is 18.2 Å². The van der Waals surface area contributed by atoms with Gasteiger partial charge in [0.15, 0.2) is 11.6 Å². The summed E-state index contributed by atoms with van der Waals surface area (Å²) in [6.07, 6.45) is 2.46. The fourth-order valence-corrected chi connectivity index (χ4v) is 1.89. The minimum absolute atomic E-state index is 0.0473. The first kappa shape index (κ1) is 13.2. The van der Waals surface area contributed by atoms with Crippen LogP contribution in [0.2, 0.25) is 0 Å². The molecule has 3 nitrogen and oxygen atoms in total. The molecule has 1 atom stereocenters. The van der Waals surface area contributed by atoms with E-state index in [1.54, 1.807) is 0 Å². The highest BCUT2D eigenvalue weighted by Gasteiger charge is 2.14. The van der Waals surface area contributed by atoms with Crippen molar-refractivity contribution < 1.29 is 18.3 Å². The first-order valence-electron chi connectivity index (χ1n) is 6.16. The van der Waals surface area contributed by atoms with E-state index in [1.807, 2.05) is 0 Å². The Balaban J connectivity index is 1.64. The quantitative estimate of drug-likeness (QED) is 0.792. The molecule has 5 heteroatoms. The van der Waals surface area contributed by atoms with Gasteiger partial charge in [-0.05, 0) is 25.0 Å². The van der Waals surface area contributed by atoms with E-state index in [2.05, 4.69) is 5.32 Å². The molecule has 1 heterocycles. The van der Waals surface area contributed by atoms with Crippen LogP contribution >= 0.6 is 0 Å². The Bertz CT molecular complexity index is 381. The van der Waals surface area contributed by atoms with Gasteiger partial charge in [0.1, 0.15) is 12.4 Å². The third-order valence-corrected chi connectivity index (χ3v) is 2.83. The lowest BCUT2D eigenvalue weighted by molar-refractivity contribution is 0.109. The molecule has 1 unspecified atom stereocenters. The topological polar surface area (TPSA) is 30.5 Å². The molecule has 0 radical (unpaired) electrons. The maximum Gasteiger partial charge on any atom is 0.165 e. The van der Waals surface area contributed by atoms with Gasteiger partial charge in [-0.15, -0.1) is 0 Å². The smallest absolute Gasteiger partial charge is 0.165 e. The molecule has 0 spiro atoms. The fraction of sp³-hybridized carbons (Fsp3) is 0.538. The van der Waals surface area contributed by atoms with Crippen LogP contribution in [0.25, 0.3) is 0 Å². The van der Waals surface area contributed by atoms with Crippen molar-refractivity contribution in [3.63, 3.8) is 0 Å². The average molecular weight is 257 g/mol. The third kappa shape index (κ3) is 3.92. The van der Waals surface area contributed by atoms with E-state index in [9.17, 15) is 8.78 Å². The maximum atomic E-state index is 13.2. The van der Waals surface area contributed by atoms with Crippen LogP contribution in [0.4, 0.5) is 8.78 Å². The summed E-state index contributed by atoms with van der Waals surface area (Å²) in [7, 11) is 0. The Morgan fingerprint density at radius 1 is 1.39 bits per heavy atom. The minimum atomic E-state index is -0.546. The second-order valence-electron chi connectivity index (χ2n) is 4.26. The molecule has 100 valence electrons. The fourth-order valence-electron chi connectivity index (χ4n) is 1.89. The summed E-state index contributed by atoms with van der Waals surface area (Å²) in [4.78, 5) is 0. The zero-order valence-corrected chi connectivity index (χ0v) is 10.1. The van der Waals surface area contributed by atoms with Gasteiger partial charge < -0.3 is 14.8 Å². The van der Waals surface area contributed by atoms with Crippen LogP contribution in [0.1, 0.15) is 12.8 Å². The highest BCUT2D eigenvalue weighted by atomic mass is 19.1. The second-order valence-corrected chi connectivity index (χ2v) is 4.26. The molecule has 0 bridgehead atoms. The van der Waals surface area contributed by atoms with Gasteiger partial charge in [-0.25, -0.2) is 8.78 Å². The summed E-state index contributed by atoms with van der Waals surface area (Å²) in [5, 5.41) is 3.17. The molecule has 1 aliphatic rings. The SMILES string of the molecule is Fc1ccc(F)c(OCCNCC2CCCO2)c1.